The number of amides is 1. The Morgan fingerprint density at radius 3 is 2.55 bits per heavy atom. The summed E-state index contributed by atoms with van der Waals surface area (Å²) in [5.74, 6) is 1.11. The first-order valence-electron chi connectivity index (χ1n) is 9.66. The van der Waals surface area contributed by atoms with Crippen molar-refractivity contribution in [3.63, 3.8) is 0 Å². The highest BCUT2D eigenvalue weighted by atomic mass is 32.1. The standard InChI is InChI=1S/C21H25N3O4S/c1-13-22-18(12-29-13)21(26)24-9-15-8-23(11-19(25)28-3)10-17(15)20(24)14-4-6-16(27-2)7-5-14/h4-7,12,15,17,20H,8-11H2,1-3H3/t15-,17-,20-/m0/s1. The average molecular weight is 416 g/mol. The first-order chi connectivity index (χ1) is 14.0. The molecule has 2 saturated heterocycles. The molecule has 2 aromatic rings. The van der Waals surface area contributed by atoms with E-state index in [2.05, 4.69) is 9.88 Å². The van der Waals surface area contributed by atoms with Crippen LogP contribution in [-0.2, 0) is 9.53 Å². The van der Waals surface area contributed by atoms with Crippen LogP contribution < -0.4 is 4.74 Å². The molecule has 4 rings (SSSR count). The maximum atomic E-state index is 13.3. The van der Waals surface area contributed by atoms with E-state index in [-0.39, 0.29) is 30.4 Å². The molecule has 3 heterocycles. The molecule has 8 heteroatoms. The molecule has 1 aromatic carbocycles. The highest BCUT2D eigenvalue weighted by Gasteiger charge is 2.49. The molecule has 0 aliphatic carbocycles. The lowest BCUT2D eigenvalue weighted by atomic mass is 9.89. The van der Waals surface area contributed by atoms with Crippen molar-refractivity contribution in [1.29, 1.82) is 0 Å². The number of benzene rings is 1. The second-order valence-electron chi connectivity index (χ2n) is 7.62. The molecular formula is C21H25N3O4S. The molecule has 7 nitrogen and oxygen atoms in total. The normalized spacial score (nSPS) is 23.8. The van der Waals surface area contributed by atoms with Crippen molar-refractivity contribution in [2.24, 2.45) is 11.8 Å². The minimum atomic E-state index is -0.225. The van der Waals surface area contributed by atoms with Gasteiger partial charge in [0.05, 0.1) is 31.8 Å². The fourth-order valence-corrected chi connectivity index (χ4v) is 5.15. The lowest BCUT2D eigenvalue weighted by Crippen LogP contribution is -2.37. The summed E-state index contributed by atoms with van der Waals surface area (Å²) < 4.78 is 10.1. The van der Waals surface area contributed by atoms with Crippen LogP contribution in [-0.4, -0.2) is 67.1 Å². The molecule has 29 heavy (non-hydrogen) atoms. The number of rotatable bonds is 5. The molecule has 0 saturated carbocycles. The van der Waals surface area contributed by atoms with Gasteiger partial charge < -0.3 is 14.4 Å². The van der Waals surface area contributed by atoms with E-state index in [1.165, 1.54) is 18.4 Å². The van der Waals surface area contributed by atoms with Crippen LogP contribution >= 0.6 is 11.3 Å². The number of thiazole rings is 1. The predicted octanol–water partition coefficient (Wildman–Crippen LogP) is 2.38. The van der Waals surface area contributed by atoms with Crippen LogP contribution in [0, 0.1) is 18.8 Å². The van der Waals surface area contributed by atoms with Gasteiger partial charge in [0.25, 0.3) is 5.91 Å². The molecule has 1 amide bonds. The lowest BCUT2D eigenvalue weighted by Gasteiger charge is -2.29. The number of ether oxygens (including phenoxy) is 2. The number of likely N-dealkylation sites (tertiary alicyclic amines) is 2. The van der Waals surface area contributed by atoms with Gasteiger partial charge in [-0.1, -0.05) is 12.1 Å². The van der Waals surface area contributed by atoms with Crippen molar-refractivity contribution < 1.29 is 19.1 Å². The van der Waals surface area contributed by atoms with Crippen LogP contribution in [0.5, 0.6) is 5.75 Å². The summed E-state index contributed by atoms with van der Waals surface area (Å²) in [6.45, 7) is 4.40. The average Bonchev–Trinajstić information content (AvgIpc) is 3.41. The molecule has 1 aromatic heterocycles. The highest BCUT2D eigenvalue weighted by Crippen LogP contribution is 2.45. The van der Waals surface area contributed by atoms with E-state index in [4.69, 9.17) is 9.47 Å². The number of nitrogens with zero attached hydrogens (tertiary/aromatic N) is 3. The van der Waals surface area contributed by atoms with Crippen LogP contribution in [0.4, 0.5) is 0 Å². The Labute approximate surface area is 174 Å². The van der Waals surface area contributed by atoms with Crippen molar-refractivity contribution in [3.05, 3.63) is 45.9 Å². The molecule has 2 aliphatic heterocycles. The van der Waals surface area contributed by atoms with Gasteiger partial charge in [-0.3, -0.25) is 14.5 Å². The third-order valence-electron chi connectivity index (χ3n) is 5.88. The maximum absolute atomic E-state index is 13.3. The van der Waals surface area contributed by atoms with Gasteiger partial charge in [-0.15, -0.1) is 11.3 Å². The van der Waals surface area contributed by atoms with Gasteiger partial charge in [-0.2, -0.15) is 0 Å². The number of hydrogen-bond acceptors (Lipinski definition) is 7. The Kier molecular flexibility index (Phi) is 5.56. The van der Waals surface area contributed by atoms with Crippen molar-refractivity contribution in [2.75, 3.05) is 40.4 Å². The van der Waals surface area contributed by atoms with Crippen LogP contribution in [0.15, 0.2) is 29.6 Å². The molecule has 0 bridgehead atoms. The number of aryl methyl sites for hydroxylation is 1. The Morgan fingerprint density at radius 2 is 1.93 bits per heavy atom. The zero-order chi connectivity index (χ0) is 20.5. The second kappa shape index (κ2) is 8.12. The molecule has 2 aliphatic rings. The topological polar surface area (TPSA) is 72.0 Å². The SMILES string of the molecule is COC(=O)CN1C[C@H]2CN(C(=O)c3csc(C)n3)[C@@H](c3ccc(OC)cc3)[C@H]2C1. The van der Waals surface area contributed by atoms with E-state index in [9.17, 15) is 9.59 Å². The Balaban J connectivity index is 1.62. The Hall–Kier alpha value is -2.45. The summed E-state index contributed by atoms with van der Waals surface area (Å²) in [6.07, 6.45) is 0. The number of hydrogen-bond donors (Lipinski definition) is 0. The third-order valence-corrected chi connectivity index (χ3v) is 6.65. The van der Waals surface area contributed by atoms with Crippen LogP contribution in [0.25, 0.3) is 0 Å². The van der Waals surface area contributed by atoms with E-state index in [0.29, 0.717) is 18.2 Å². The smallest absolute Gasteiger partial charge is 0.319 e. The van der Waals surface area contributed by atoms with E-state index in [1.807, 2.05) is 41.5 Å². The van der Waals surface area contributed by atoms with Crippen LogP contribution in [0.1, 0.15) is 27.1 Å². The van der Waals surface area contributed by atoms with Gasteiger partial charge in [0.2, 0.25) is 0 Å². The van der Waals surface area contributed by atoms with Gasteiger partial charge in [0.15, 0.2) is 0 Å². The van der Waals surface area contributed by atoms with Crippen molar-refractivity contribution >= 4 is 23.2 Å². The summed E-state index contributed by atoms with van der Waals surface area (Å²) in [6, 6.07) is 7.87. The van der Waals surface area contributed by atoms with E-state index >= 15 is 0 Å². The molecule has 2 fully saturated rings. The minimum Gasteiger partial charge on any atom is -0.497 e. The molecule has 3 atom stereocenters. The van der Waals surface area contributed by atoms with Gasteiger partial charge in [-0.25, -0.2) is 4.98 Å². The summed E-state index contributed by atoms with van der Waals surface area (Å²) in [4.78, 5) is 33.5. The molecule has 0 radical (unpaired) electrons. The van der Waals surface area contributed by atoms with Crippen molar-refractivity contribution in [2.45, 2.75) is 13.0 Å². The molecule has 154 valence electrons. The number of carbonyl (C=O) groups is 2. The van der Waals surface area contributed by atoms with Crippen LogP contribution in [0.2, 0.25) is 0 Å². The lowest BCUT2D eigenvalue weighted by molar-refractivity contribution is -0.141. The Morgan fingerprint density at radius 1 is 1.17 bits per heavy atom. The minimum absolute atomic E-state index is 0.0240. The number of methoxy groups -OCH3 is 2. The molecule has 0 spiro atoms. The quantitative estimate of drug-likeness (QED) is 0.699. The highest BCUT2D eigenvalue weighted by molar-refractivity contribution is 7.09. The number of carbonyl (C=O) groups excluding carboxylic acids is 2. The van der Waals surface area contributed by atoms with E-state index in [0.717, 1.165) is 29.4 Å². The first-order valence-corrected chi connectivity index (χ1v) is 10.5. The van der Waals surface area contributed by atoms with Gasteiger partial charge in [0.1, 0.15) is 11.4 Å². The largest absolute Gasteiger partial charge is 0.497 e. The Bertz CT molecular complexity index is 898. The first kappa shape index (κ1) is 19.8. The van der Waals surface area contributed by atoms with Gasteiger partial charge in [0, 0.05) is 30.9 Å². The summed E-state index contributed by atoms with van der Waals surface area (Å²) in [7, 11) is 3.05. The van der Waals surface area contributed by atoms with Crippen molar-refractivity contribution in [3.8, 4) is 5.75 Å². The number of aromatic nitrogens is 1. The maximum Gasteiger partial charge on any atom is 0.319 e. The summed E-state index contributed by atoms with van der Waals surface area (Å²) in [5, 5.41) is 2.72. The monoisotopic (exact) mass is 415 g/mol. The number of esters is 1. The van der Waals surface area contributed by atoms with Crippen molar-refractivity contribution in [1.82, 2.24) is 14.8 Å². The van der Waals surface area contributed by atoms with E-state index in [1.54, 1.807) is 7.11 Å². The van der Waals surface area contributed by atoms with Gasteiger partial charge in [-0.05, 0) is 30.5 Å². The zero-order valence-corrected chi connectivity index (χ0v) is 17.6. The summed E-state index contributed by atoms with van der Waals surface area (Å²) >= 11 is 1.49. The van der Waals surface area contributed by atoms with E-state index < -0.39 is 0 Å². The zero-order valence-electron chi connectivity index (χ0n) is 16.8. The molecule has 0 N–H and O–H groups in total. The predicted molar refractivity (Wildman–Crippen MR) is 109 cm³/mol. The number of fused-ring (bicyclic) bond motifs is 1. The van der Waals surface area contributed by atoms with Gasteiger partial charge >= 0.3 is 5.97 Å². The molecule has 0 unspecified atom stereocenters. The third kappa shape index (κ3) is 3.86. The second-order valence-corrected chi connectivity index (χ2v) is 8.68. The summed E-state index contributed by atoms with van der Waals surface area (Å²) in [5.41, 5.74) is 1.59. The van der Waals surface area contributed by atoms with Crippen LogP contribution in [0.3, 0.4) is 0 Å². The molecular weight excluding hydrogens is 390 g/mol. The fraction of sp³-hybridized carbons (Fsp3) is 0.476. The fourth-order valence-electron chi connectivity index (χ4n) is 4.56.